The summed E-state index contributed by atoms with van der Waals surface area (Å²) in [4.78, 5) is 15.7. The maximum absolute atomic E-state index is 11.0. The average molecular weight is 330 g/mol. The highest BCUT2D eigenvalue weighted by Gasteiger charge is 2.29. The van der Waals surface area contributed by atoms with Crippen molar-refractivity contribution in [1.82, 2.24) is 10.6 Å². The van der Waals surface area contributed by atoms with Gasteiger partial charge >= 0.3 is 5.97 Å². The third-order valence-corrected chi connectivity index (χ3v) is 5.32. The van der Waals surface area contributed by atoms with E-state index >= 15 is 0 Å². The van der Waals surface area contributed by atoms with Crippen LogP contribution in [0.4, 0.5) is 0 Å². The van der Waals surface area contributed by atoms with Crippen LogP contribution in [0.5, 0.6) is 0 Å². The van der Waals surface area contributed by atoms with Crippen molar-refractivity contribution in [3.05, 3.63) is 0 Å². The molecule has 1 aliphatic heterocycles. The number of hydrogen-bond donors (Lipinski definition) is 2. The lowest BCUT2D eigenvalue weighted by atomic mass is 10.1. The molecule has 22 heavy (non-hydrogen) atoms. The monoisotopic (exact) mass is 329 g/mol. The molecule has 0 aromatic rings. The minimum Gasteiger partial charge on any atom is -0.469 e. The fraction of sp³-hybridized carbons (Fsp3) is 0.875. The molecule has 0 spiro atoms. The maximum Gasteiger partial charge on any atom is 0.305 e. The zero-order valence-electron chi connectivity index (χ0n) is 14.2. The normalized spacial score (nSPS) is 21.7. The largest absolute Gasteiger partial charge is 0.469 e. The third-order valence-electron chi connectivity index (χ3n) is 3.79. The second-order valence-corrected chi connectivity index (χ2v) is 7.59. The van der Waals surface area contributed by atoms with Gasteiger partial charge < -0.3 is 15.4 Å². The first-order valence-corrected chi connectivity index (χ1v) is 9.31. The van der Waals surface area contributed by atoms with Crippen LogP contribution in [-0.4, -0.2) is 49.2 Å². The summed E-state index contributed by atoms with van der Waals surface area (Å²) >= 11 is 2.04. The van der Waals surface area contributed by atoms with Crippen LogP contribution < -0.4 is 10.6 Å². The van der Waals surface area contributed by atoms with Gasteiger partial charge in [0.05, 0.1) is 13.7 Å². The number of carbonyl (C=O) groups excluding carboxylic acids is 1. The van der Waals surface area contributed by atoms with E-state index in [1.165, 1.54) is 25.7 Å². The molecule has 2 N–H and O–H groups in total. The quantitative estimate of drug-likeness (QED) is 0.295. The Morgan fingerprint density at radius 1 is 1.32 bits per heavy atom. The van der Waals surface area contributed by atoms with Crippen molar-refractivity contribution >= 4 is 23.7 Å². The third kappa shape index (κ3) is 7.92. The number of hydrogen-bond acceptors (Lipinski definition) is 4. The lowest BCUT2D eigenvalue weighted by Crippen LogP contribution is -2.39. The summed E-state index contributed by atoms with van der Waals surface area (Å²) in [6.07, 6.45) is 6.02. The number of methoxy groups -OCH3 is 1. The lowest BCUT2D eigenvalue weighted by molar-refractivity contribution is -0.140. The van der Waals surface area contributed by atoms with E-state index in [0.717, 1.165) is 44.9 Å². The SMILES string of the molecule is CCNC(=NCC1(C)CCCS1)NCCCCCC(=O)OC. The number of aliphatic imine (C=N–C) groups is 1. The van der Waals surface area contributed by atoms with Crippen LogP contribution in [-0.2, 0) is 9.53 Å². The summed E-state index contributed by atoms with van der Waals surface area (Å²) in [5.41, 5.74) is 0. The second-order valence-electron chi connectivity index (χ2n) is 5.91. The molecule has 0 saturated carbocycles. The van der Waals surface area contributed by atoms with Gasteiger partial charge in [-0.05, 0) is 45.3 Å². The summed E-state index contributed by atoms with van der Waals surface area (Å²) in [7, 11) is 1.44. The predicted octanol–water partition coefficient (Wildman–Crippen LogP) is 2.56. The van der Waals surface area contributed by atoms with Gasteiger partial charge in [-0.1, -0.05) is 6.42 Å². The van der Waals surface area contributed by atoms with Crippen LogP contribution in [0.3, 0.4) is 0 Å². The van der Waals surface area contributed by atoms with Gasteiger partial charge in [0.15, 0.2) is 5.96 Å². The van der Waals surface area contributed by atoms with Crippen LogP contribution in [0.1, 0.15) is 52.4 Å². The first kappa shape index (κ1) is 19.1. The Kier molecular flexibility index (Phi) is 9.36. The van der Waals surface area contributed by atoms with Gasteiger partial charge in [0.1, 0.15) is 0 Å². The Balaban J connectivity index is 2.21. The van der Waals surface area contributed by atoms with E-state index in [-0.39, 0.29) is 5.97 Å². The molecule has 1 unspecified atom stereocenters. The molecule has 0 aromatic carbocycles. The van der Waals surface area contributed by atoms with Gasteiger partial charge in [-0.25, -0.2) is 0 Å². The standard InChI is InChI=1S/C16H31N3O2S/c1-4-17-15(19-13-16(2)10-8-12-22-16)18-11-7-5-6-9-14(20)21-3/h4-13H2,1-3H3,(H2,17,18,19). The van der Waals surface area contributed by atoms with Crippen molar-refractivity contribution < 1.29 is 9.53 Å². The van der Waals surface area contributed by atoms with Crippen molar-refractivity contribution in [2.75, 3.05) is 32.5 Å². The smallest absolute Gasteiger partial charge is 0.305 e. The molecule has 0 bridgehead atoms. The number of rotatable bonds is 9. The molecule has 1 saturated heterocycles. The van der Waals surface area contributed by atoms with E-state index < -0.39 is 0 Å². The first-order valence-electron chi connectivity index (χ1n) is 8.32. The average Bonchev–Trinajstić information content (AvgIpc) is 2.95. The number of thioether (sulfide) groups is 1. The summed E-state index contributed by atoms with van der Waals surface area (Å²) in [6, 6.07) is 0. The number of carbonyl (C=O) groups is 1. The minimum atomic E-state index is -0.120. The van der Waals surface area contributed by atoms with E-state index in [0.29, 0.717) is 11.2 Å². The molecule has 0 radical (unpaired) electrons. The highest BCUT2D eigenvalue weighted by molar-refractivity contribution is 8.00. The van der Waals surface area contributed by atoms with Crippen LogP contribution in [0.15, 0.2) is 4.99 Å². The summed E-state index contributed by atoms with van der Waals surface area (Å²) < 4.78 is 4.94. The molecule has 6 heteroatoms. The van der Waals surface area contributed by atoms with E-state index in [4.69, 9.17) is 4.99 Å². The molecule has 1 heterocycles. The van der Waals surface area contributed by atoms with Crippen molar-refractivity contribution in [3.63, 3.8) is 0 Å². The Labute approximate surface area is 139 Å². The van der Waals surface area contributed by atoms with Crippen LogP contribution in [0.25, 0.3) is 0 Å². The van der Waals surface area contributed by atoms with E-state index in [9.17, 15) is 4.79 Å². The summed E-state index contributed by atoms with van der Waals surface area (Å²) in [6.45, 7) is 7.02. The molecule has 1 atom stereocenters. The molecule has 5 nitrogen and oxygen atoms in total. The van der Waals surface area contributed by atoms with Crippen LogP contribution >= 0.6 is 11.8 Å². The Morgan fingerprint density at radius 3 is 2.77 bits per heavy atom. The Hall–Kier alpha value is -0.910. The Morgan fingerprint density at radius 2 is 2.14 bits per heavy atom. The molecule has 1 rings (SSSR count). The van der Waals surface area contributed by atoms with Crippen molar-refractivity contribution in [2.45, 2.75) is 57.1 Å². The molecule has 1 fully saturated rings. The molecule has 0 aliphatic carbocycles. The van der Waals surface area contributed by atoms with Gasteiger partial charge in [-0.3, -0.25) is 9.79 Å². The minimum absolute atomic E-state index is 0.120. The Bertz CT molecular complexity index is 355. The number of unbranched alkanes of at least 4 members (excludes halogenated alkanes) is 2. The molecule has 1 aliphatic rings. The molecule has 0 aromatic heterocycles. The molecular weight excluding hydrogens is 298 g/mol. The topological polar surface area (TPSA) is 62.7 Å². The van der Waals surface area contributed by atoms with Crippen molar-refractivity contribution in [1.29, 1.82) is 0 Å². The zero-order valence-corrected chi connectivity index (χ0v) is 15.1. The fourth-order valence-corrected chi connectivity index (χ4v) is 3.66. The van der Waals surface area contributed by atoms with Gasteiger partial charge in [0.2, 0.25) is 0 Å². The number of nitrogens with one attached hydrogen (secondary N) is 2. The highest BCUT2D eigenvalue weighted by atomic mass is 32.2. The second kappa shape index (κ2) is 10.8. The summed E-state index contributed by atoms with van der Waals surface area (Å²) in [5, 5.41) is 6.67. The number of guanidine groups is 1. The van der Waals surface area contributed by atoms with Crippen molar-refractivity contribution in [2.24, 2.45) is 4.99 Å². The zero-order chi connectivity index (χ0) is 16.3. The summed E-state index contributed by atoms with van der Waals surface area (Å²) in [5.74, 6) is 2.05. The maximum atomic E-state index is 11.0. The molecular formula is C16H31N3O2S. The van der Waals surface area contributed by atoms with E-state index in [1.807, 2.05) is 11.8 Å². The highest BCUT2D eigenvalue weighted by Crippen LogP contribution is 2.37. The van der Waals surface area contributed by atoms with Crippen LogP contribution in [0.2, 0.25) is 0 Å². The predicted molar refractivity (Wildman–Crippen MR) is 94.6 cm³/mol. The van der Waals surface area contributed by atoms with Crippen LogP contribution in [0, 0.1) is 0 Å². The van der Waals surface area contributed by atoms with Gasteiger partial charge in [0.25, 0.3) is 0 Å². The van der Waals surface area contributed by atoms with Gasteiger partial charge in [0, 0.05) is 24.3 Å². The van der Waals surface area contributed by atoms with E-state index in [1.54, 1.807) is 0 Å². The van der Waals surface area contributed by atoms with Crippen molar-refractivity contribution in [3.8, 4) is 0 Å². The number of ether oxygens (including phenoxy) is 1. The first-order chi connectivity index (χ1) is 10.6. The van der Waals surface area contributed by atoms with E-state index in [2.05, 4.69) is 29.2 Å². The van der Waals surface area contributed by atoms with Gasteiger partial charge in [-0.15, -0.1) is 0 Å². The number of esters is 1. The number of nitrogens with zero attached hydrogens (tertiary/aromatic N) is 1. The molecule has 0 amide bonds. The fourth-order valence-electron chi connectivity index (χ4n) is 2.43. The molecule has 128 valence electrons. The van der Waals surface area contributed by atoms with Gasteiger partial charge in [-0.2, -0.15) is 11.8 Å². The lowest BCUT2D eigenvalue weighted by Gasteiger charge is -2.21.